The maximum absolute atomic E-state index is 12.9. The summed E-state index contributed by atoms with van der Waals surface area (Å²) in [6.45, 7) is 2.02. The van der Waals surface area contributed by atoms with Crippen molar-refractivity contribution in [3.63, 3.8) is 0 Å². The molecule has 1 fully saturated rings. The van der Waals surface area contributed by atoms with Gasteiger partial charge in [-0.05, 0) is 18.8 Å². The molecule has 1 saturated carbocycles. The van der Waals surface area contributed by atoms with Crippen molar-refractivity contribution in [2.24, 2.45) is 11.8 Å². The Morgan fingerprint density at radius 2 is 2.18 bits per heavy atom. The molecular weight excluding hydrogens is 288 g/mol. The van der Waals surface area contributed by atoms with Crippen LogP contribution in [0.5, 0.6) is 0 Å². The first-order valence-corrected chi connectivity index (χ1v) is 7.27. The van der Waals surface area contributed by atoms with Crippen LogP contribution in [0.1, 0.15) is 19.8 Å². The number of allylic oxidation sites excluding steroid dienone is 1. The van der Waals surface area contributed by atoms with Crippen LogP contribution in [0.3, 0.4) is 0 Å². The molecule has 3 aliphatic rings. The average Bonchev–Trinajstić information content (AvgIpc) is 2.68. The molecule has 0 spiro atoms. The van der Waals surface area contributed by atoms with E-state index in [2.05, 4.69) is 0 Å². The highest BCUT2D eigenvalue weighted by atomic mass is 16.5. The van der Waals surface area contributed by atoms with E-state index in [1.54, 1.807) is 0 Å². The molecule has 0 bridgehead atoms. The van der Waals surface area contributed by atoms with Gasteiger partial charge in [0.15, 0.2) is 5.78 Å². The van der Waals surface area contributed by atoms with Crippen molar-refractivity contribution >= 4 is 11.8 Å². The van der Waals surface area contributed by atoms with E-state index in [0.29, 0.717) is 18.6 Å². The number of hydrogen-bond acceptors (Lipinski definition) is 6. The maximum Gasteiger partial charge on any atom is 0.341 e. The molecule has 1 N–H and O–H groups in total. The van der Waals surface area contributed by atoms with Gasteiger partial charge in [0.1, 0.15) is 23.7 Å². The Kier molecular flexibility index (Phi) is 3.78. The Labute approximate surface area is 128 Å². The molecule has 0 aromatic carbocycles. The monoisotopic (exact) mass is 306 g/mol. The molecule has 0 saturated heterocycles. The fraction of sp³-hybridized carbons (Fsp3) is 0.500. The van der Waals surface area contributed by atoms with Gasteiger partial charge < -0.3 is 19.3 Å². The van der Waals surface area contributed by atoms with Crippen LogP contribution in [-0.4, -0.2) is 36.2 Å². The Bertz CT molecular complexity index is 600. The molecule has 6 heteroatoms. The van der Waals surface area contributed by atoms with E-state index in [9.17, 15) is 14.7 Å². The van der Waals surface area contributed by atoms with Gasteiger partial charge in [0.05, 0.1) is 31.0 Å². The Morgan fingerprint density at radius 1 is 1.41 bits per heavy atom. The second-order valence-electron chi connectivity index (χ2n) is 5.89. The summed E-state index contributed by atoms with van der Waals surface area (Å²) in [6.07, 6.45) is 4.11. The van der Waals surface area contributed by atoms with E-state index < -0.39 is 18.0 Å². The lowest BCUT2D eigenvalue weighted by Crippen LogP contribution is -2.48. The number of hydrogen-bond donors (Lipinski definition) is 1. The molecule has 1 aliphatic carbocycles. The second kappa shape index (κ2) is 5.61. The summed E-state index contributed by atoms with van der Waals surface area (Å²) in [7, 11) is 1.23. The number of rotatable bonds is 1. The number of carbonyl (C=O) groups is 2. The summed E-state index contributed by atoms with van der Waals surface area (Å²) in [6, 6.07) is 0. The molecule has 0 radical (unpaired) electrons. The summed E-state index contributed by atoms with van der Waals surface area (Å²) in [5, 5.41) is 10.3. The molecule has 0 aromatic heterocycles. The standard InChI is InChI=1S/C16H18O6/c1-8-5-10(17)14-12(6-8)22-11-3-4-21-7-9(16(19)20-2)13(11)15(14)18/h3-4,7-8,10,12,14,17H,5-6H2,1-2H3. The van der Waals surface area contributed by atoms with Gasteiger partial charge >= 0.3 is 5.97 Å². The number of ether oxygens (including phenoxy) is 3. The van der Waals surface area contributed by atoms with Gasteiger partial charge in [0.2, 0.25) is 0 Å². The number of methoxy groups -OCH3 is 1. The van der Waals surface area contributed by atoms with Gasteiger partial charge in [-0.3, -0.25) is 4.79 Å². The van der Waals surface area contributed by atoms with Crippen LogP contribution >= 0.6 is 0 Å². The third-order valence-electron chi connectivity index (χ3n) is 4.33. The molecule has 2 heterocycles. The van der Waals surface area contributed by atoms with Crippen molar-refractivity contribution in [3.05, 3.63) is 35.5 Å². The van der Waals surface area contributed by atoms with Gasteiger partial charge in [-0.25, -0.2) is 4.79 Å². The number of aliphatic hydroxyl groups is 1. The number of carbonyl (C=O) groups excluding carboxylic acids is 2. The predicted octanol–water partition coefficient (Wildman–Crippen LogP) is 1.22. The molecule has 22 heavy (non-hydrogen) atoms. The first-order chi connectivity index (χ1) is 10.5. The van der Waals surface area contributed by atoms with Gasteiger partial charge in [0, 0.05) is 6.08 Å². The minimum Gasteiger partial charge on any atom is -0.489 e. The van der Waals surface area contributed by atoms with E-state index in [4.69, 9.17) is 14.2 Å². The maximum atomic E-state index is 12.9. The number of esters is 1. The van der Waals surface area contributed by atoms with Crippen molar-refractivity contribution in [3.8, 4) is 0 Å². The largest absolute Gasteiger partial charge is 0.489 e. The number of aliphatic hydroxyl groups excluding tert-OH is 1. The normalized spacial score (nSPS) is 33.8. The SMILES string of the molecule is COC(=O)C1=COC=CC2=C1C(=O)C1C(O)CC(C)CC1O2. The lowest BCUT2D eigenvalue weighted by molar-refractivity contribution is -0.141. The first-order valence-electron chi connectivity index (χ1n) is 7.27. The number of ketones is 1. The quantitative estimate of drug-likeness (QED) is 0.733. The summed E-state index contributed by atoms with van der Waals surface area (Å²) in [5.74, 6) is -1.06. The van der Waals surface area contributed by atoms with Crippen LogP contribution in [0, 0.1) is 11.8 Å². The molecule has 0 aromatic rings. The number of fused-ring (bicyclic) bond motifs is 1. The molecule has 6 nitrogen and oxygen atoms in total. The average molecular weight is 306 g/mol. The van der Waals surface area contributed by atoms with Crippen molar-refractivity contribution < 1.29 is 28.9 Å². The Hall–Kier alpha value is -2.08. The smallest absolute Gasteiger partial charge is 0.341 e. The molecular formula is C16H18O6. The van der Waals surface area contributed by atoms with Crippen molar-refractivity contribution in [2.75, 3.05) is 7.11 Å². The third-order valence-corrected chi connectivity index (χ3v) is 4.33. The number of Topliss-reactive ketones (excluding diaryl/α,β-unsaturated/α-hetero) is 1. The zero-order valence-corrected chi connectivity index (χ0v) is 12.4. The minimum atomic E-state index is -0.776. The van der Waals surface area contributed by atoms with Gasteiger partial charge in [-0.15, -0.1) is 0 Å². The van der Waals surface area contributed by atoms with Gasteiger partial charge in [0.25, 0.3) is 0 Å². The zero-order chi connectivity index (χ0) is 15.9. The van der Waals surface area contributed by atoms with Crippen LogP contribution in [0.2, 0.25) is 0 Å². The van der Waals surface area contributed by atoms with Crippen LogP contribution < -0.4 is 0 Å². The van der Waals surface area contributed by atoms with E-state index >= 15 is 0 Å². The summed E-state index contributed by atoms with van der Waals surface area (Å²) < 4.78 is 15.7. The molecule has 3 rings (SSSR count). The third kappa shape index (κ3) is 2.33. The van der Waals surface area contributed by atoms with Crippen molar-refractivity contribution in [2.45, 2.75) is 32.0 Å². The Balaban J connectivity index is 2.05. The predicted molar refractivity (Wildman–Crippen MR) is 75.1 cm³/mol. The van der Waals surface area contributed by atoms with Crippen molar-refractivity contribution in [1.29, 1.82) is 0 Å². The van der Waals surface area contributed by atoms with Crippen LogP contribution in [0.4, 0.5) is 0 Å². The fourth-order valence-electron chi connectivity index (χ4n) is 3.34. The van der Waals surface area contributed by atoms with E-state index in [1.165, 1.54) is 25.7 Å². The summed E-state index contributed by atoms with van der Waals surface area (Å²) in [4.78, 5) is 24.8. The lowest BCUT2D eigenvalue weighted by Gasteiger charge is -2.41. The molecule has 118 valence electrons. The minimum absolute atomic E-state index is 0.0109. The fourth-order valence-corrected chi connectivity index (χ4v) is 3.34. The zero-order valence-electron chi connectivity index (χ0n) is 12.4. The molecule has 2 aliphatic heterocycles. The van der Waals surface area contributed by atoms with Crippen LogP contribution in [0.25, 0.3) is 0 Å². The van der Waals surface area contributed by atoms with E-state index in [-0.39, 0.29) is 29.0 Å². The second-order valence-corrected chi connectivity index (χ2v) is 5.89. The highest BCUT2D eigenvalue weighted by Crippen LogP contribution is 2.41. The van der Waals surface area contributed by atoms with Crippen molar-refractivity contribution in [1.82, 2.24) is 0 Å². The van der Waals surface area contributed by atoms with Crippen LogP contribution in [0.15, 0.2) is 35.5 Å². The van der Waals surface area contributed by atoms with Gasteiger partial charge in [-0.1, -0.05) is 6.92 Å². The highest BCUT2D eigenvalue weighted by Gasteiger charge is 2.48. The van der Waals surface area contributed by atoms with E-state index in [1.807, 2.05) is 6.92 Å². The molecule has 4 unspecified atom stereocenters. The van der Waals surface area contributed by atoms with Gasteiger partial charge in [-0.2, -0.15) is 0 Å². The Morgan fingerprint density at radius 3 is 2.91 bits per heavy atom. The highest BCUT2D eigenvalue weighted by molar-refractivity contribution is 6.12. The van der Waals surface area contributed by atoms with Crippen LogP contribution in [-0.2, 0) is 23.8 Å². The summed E-state index contributed by atoms with van der Waals surface area (Å²) in [5.41, 5.74) is 0.132. The molecule has 0 amide bonds. The van der Waals surface area contributed by atoms with E-state index in [0.717, 1.165) is 0 Å². The molecule has 4 atom stereocenters. The first kappa shape index (κ1) is 14.8. The lowest BCUT2D eigenvalue weighted by atomic mass is 9.72. The summed E-state index contributed by atoms with van der Waals surface area (Å²) >= 11 is 0. The topological polar surface area (TPSA) is 82.1 Å².